The van der Waals surface area contributed by atoms with E-state index in [2.05, 4.69) is 31.9 Å². The van der Waals surface area contributed by atoms with Gasteiger partial charge in [-0.1, -0.05) is 52.3 Å². The number of hydrogen-bond donors (Lipinski definition) is 8. The Labute approximate surface area is 389 Å². The fourth-order valence-electron chi connectivity index (χ4n) is 5.35. The first kappa shape index (κ1) is 62.7. The number of carbonyl (C=O) groups is 9. The molecule has 8 amide bonds. The zero-order chi connectivity index (χ0) is 49.1. The third-order valence-corrected chi connectivity index (χ3v) is 9.99. The minimum absolute atomic E-state index is 0.0290. The number of ether oxygens (including phenoxy) is 4. The molecule has 0 spiro atoms. The van der Waals surface area contributed by atoms with Gasteiger partial charge in [-0.15, -0.1) is 0 Å². The SMILES string of the molecule is CC.CC(=O)SCC(=O)NCCCC[C@H](NC(=O)CCCC(=O)NCCOCCOCC(=O)NCCOCCOCC(=O)NCCCC[C@H](C)C(N)=O)C(=O)NCCCC[C@@H](C)C(N)=O. The van der Waals surface area contributed by atoms with E-state index < -0.39 is 6.04 Å². The molecule has 0 fully saturated rings. The summed E-state index contributed by atoms with van der Waals surface area (Å²) in [6.07, 6.45) is 5.95. The van der Waals surface area contributed by atoms with Gasteiger partial charge < -0.3 is 62.3 Å². The molecular weight excluding hydrogens is 869 g/mol. The van der Waals surface area contributed by atoms with Crippen molar-refractivity contribution in [3.05, 3.63) is 0 Å². The molecule has 0 aromatic carbocycles. The summed E-state index contributed by atoms with van der Waals surface area (Å²) in [5, 5.41) is 16.3. The fourth-order valence-corrected chi connectivity index (χ4v) is 5.78. The highest BCUT2D eigenvalue weighted by Gasteiger charge is 2.20. The average molecular weight is 949 g/mol. The van der Waals surface area contributed by atoms with Crippen LogP contribution in [0, 0.1) is 11.8 Å². The number of nitrogens with one attached hydrogen (secondary N) is 6. The Kier molecular flexibility index (Phi) is 42.0. The van der Waals surface area contributed by atoms with Gasteiger partial charge >= 0.3 is 0 Å². The lowest BCUT2D eigenvalue weighted by Crippen LogP contribution is -2.47. The summed E-state index contributed by atoms with van der Waals surface area (Å²) in [5.74, 6) is -2.91. The van der Waals surface area contributed by atoms with Crippen molar-refractivity contribution in [3.63, 3.8) is 0 Å². The van der Waals surface area contributed by atoms with Crippen LogP contribution in [0.15, 0.2) is 0 Å². The van der Waals surface area contributed by atoms with Crippen LogP contribution in [0.2, 0.25) is 0 Å². The van der Waals surface area contributed by atoms with Crippen LogP contribution in [0.5, 0.6) is 0 Å². The van der Waals surface area contributed by atoms with Gasteiger partial charge in [0, 0.05) is 64.3 Å². The molecule has 376 valence electrons. The molecule has 0 aromatic heterocycles. The monoisotopic (exact) mass is 949 g/mol. The Hall–Kier alpha value is -4.38. The molecule has 10 N–H and O–H groups in total. The maximum atomic E-state index is 13.0. The number of hydrogen-bond acceptors (Lipinski definition) is 14. The van der Waals surface area contributed by atoms with E-state index in [0.29, 0.717) is 64.6 Å². The van der Waals surface area contributed by atoms with E-state index in [1.54, 1.807) is 13.8 Å². The Balaban J connectivity index is 0. The van der Waals surface area contributed by atoms with Gasteiger partial charge in [-0.05, 0) is 51.4 Å². The third kappa shape index (κ3) is 42.0. The lowest BCUT2D eigenvalue weighted by atomic mass is 10.0. The van der Waals surface area contributed by atoms with E-state index in [9.17, 15) is 43.2 Å². The summed E-state index contributed by atoms with van der Waals surface area (Å²) < 4.78 is 21.4. The molecule has 0 unspecified atom stereocenters. The zero-order valence-electron chi connectivity index (χ0n) is 39.5. The first-order chi connectivity index (χ1) is 31.1. The predicted octanol–water partition coefficient (Wildman–Crippen LogP) is 0.348. The van der Waals surface area contributed by atoms with Crippen LogP contribution in [0.1, 0.15) is 112 Å². The molecule has 22 heteroatoms. The van der Waals surface area contributed by atoms with Crippen LogP contribution >= 0.6 is 11.8 Å². The number of amides is 8. The Morgan fingerprint density at radius 1 is 0.477 bits per heavy atom. The molecule has 0 aliphatic carbocycles. The van der Waals surface area contributed by atoms with Gasteiger partial charge in [-0.25, -0.2) is 0 Å². The van der Waals surface area contributed by atoms with E-state index in [-0.39, 0.29) is 155 Å². The third-order valence-electron chi connectivity index (χ3n) is 9.18. The van der Waals surface area contributed by atoms with Crippen LogP contribution < -0.4 is 43.4 Å². The van der Waals surface area contributed by atoms with Gasteiger partial charge in [0.05, 0.1) is 45.4 Å². The maximum Gasteiger partial charge on any atom is 0.246 e. The molecule has 0 aliphatic heterocycles. The number of nitrogens with two attached hydrogens (primary N) is 2. The van der Waals surface area contributed by atoms with Crippen molar-refractivity contribution in [2.24, 2.45) is 23.3 Å². The molecule has 0 saturated heterocycles. The molecule has 0 saturated carbocycles. The molecule has 0 bridgehead atoms. The van der Waals surface area contributed by atoms with Crippen molar-refractivity contribution in [2.45, 2.75) is 118 Å². The smallest absolute Gasteiger partial charge is 0.246 e. The van der Waals surface area contributed by atoms with Crippen molar-refractivity contribution in [2.75, 3.05) is 91.3 Å². The summed E-state index contributed by atoms with van der Waals surface area (Å²) in [6, 6.07) is -0.810. The molecule has 21 nitrogen and oxygen atoms in total. The van der Waals surface area contributed by atoms with Crippen LogP contribution in [0.25, 0.3) is 0 Å². The van der Waals surface area contributed by atoms with E-state index in [4.69, 9.17) is 30.4 Å². The standard InChI is InChI=1S/C41H74N8O13S.C2H6/c1-30(39(42)56)11-4-7-16-44-36(53)27-61-25-24-60-22-20-47-37(54)28-62-26-23-59-21-19-46-34(51)14-10-15-35(52)49-33(13-6-9-17-45-38(55)29-63-32(3)50)41(58)48-18-8-5-12-31(2)40(43)57;1-2/h30-31,33H,4-29H2,1-3H3,(H2,42,56)(H2,43,57)(H,44,53)(H,45,55)(H,46,51)(H,47,54)(H,48,58)(H,49,52);1-2H3/t30-,31+,33-;/m0./s1. The maximum absolute atomic E-state index is 13.0. The van der Waals surface area contributed by atoms with Crippen molar-refractivity contribution in [1.29, 1.82) is 0 Å². The van der Waals surface area contributed by atoms with Crippen LogP contribution in [0.4, 0.5) is 0 Å². The highest BCUT2D eigenvalue weighted by Crippen LogP contribution is 2.08. The van der Waals surface area contributed by atoms with Gasteiger partial charge in [0.2, 0.25) is 47.3 Å². The first-order valence-corrected chi connectivity index (χ1v) is 23.8. The van der Waals surface area contributed by atoms with Gasteiger partial charge in [0.25, 0.3) is 0 Å². The van der Waals surface area contributed by atoms with Gasteiger partial charge in [-0.2, -0.15) is 0 Å². The molecule has 0 rings (SSSR count). The van der Waals surface area contributed by atoms with E-state index in [0.717, 1.165) is 24.6 Å². The molecule has 0 aliphatic rings. The normalized spacial score (nSPS) is 12.0. The quantitative estimate of drug-likeness (QED) is 0.0384. The summed E-state index contributed by atoms with van der Waals surface area (Å²) in [6.45, 7) is 11.7. The van der Waals surface area contributed by atoms with Crippen molar-refractivity contribution < 1.29 is 62.1 Å². The second-order valence-corrected chi connectivity index (χ2v) is 16.0. The largest absolute Gasteiger partial charge is 0.377 e. The molecule has 0 aromatic rings. The average Bonchev–Trinajstić information content (AvgIpc) is 3.26. The number of carbonyl (C=O) groups excluding carboxylic acids is 9. The summed E-state index contributed by atoms with van der Waals surface area (Å²) in [7, 11) is 0. The fraction of sp³-hybridized carbons (Fsp3) is 0.791. The van der Waals surface area contributed by atoms with Crippen LogP contribution in [-0.2, 0) is 62.1 Å². The summed E-state index contributed by atoms with van der Waals surface area (Å²) in [5.41, 5.74) is 10.5. The van der Waals surface area contributed by atoms with Crippen molar-refractivity contribution in [3.8, 4) is 0 Å². The van der Waals surface area contributed by atoms with Gasteiger partial charge in [0.15, 0.2) is 5.12 Å². The zero-order valence-corrected chi connectivity index (χ0v) is 40.3. The molecule has 0 heterocycles. The summed E-state index contributed by atoms with van der Waals surface area (Å²) in [4.78, 5) is 107. The Morgan fingerprint density at radius 3 is 1.38 bits per heavy atom. The van der Waals surface area contributed by atoms with Gasteiger partial charge in [0.1, 0.15) is 19.3 Å². The van der Waals surface area contributed by atoms with Crippen molar-refractivity contribution in [1.82, 2.24) is 31.9 Å². The number of thioether (sulfide) groups is 1. The Bertz CT molecular complexity index is 1380. The van der Waals surface area contributed by atoms with Crippen LogP contribution in [-0.4, -0.2) is 150 Å². The summed E-state index contributed by atoms with van der Waals surface area (Å²) >= 11 is 0.921. The molecular formula is C43H80N8O13S. The van der Waals surface area contributed by atoms with E-state index in [1.165, 1.54) is 6.92 Å². The number of rotatable bonds is 41. The van der Waals surface area contributed by atoms with E-state index >= 15 is 0 Å². The Morgan fingerprint density at radius 2 is 0.892 bits per heavy atom. The molecule has 3 atom stereocenters. The lowest BCUT2D eigenvalue weighted by molar-refractivity contribution is -0.129. The van der Waals surface area contributed by atoms with Crippen LogP contribution in [0.3, 0.4) is 0 Å². The second-order valence-electron chi connectivity index (χ2n) is 14.9. The highest BCUT2D eigenvalue weighted by molar-refractivity contribution is 8.14. The molecule has 65 heavy (non-hydrogen) atoms. The predicted molar refractivity (Wildman–Crippen MR) is 247 cm³/mol. The van der Waals surface area contributed by atoms with Crippen molar-refractivity contribution >= 4 is 64.1 Å². The number of unbranched alkanes of at least 4 members (excludes halogenated alkanes) is 3. The van der Waals surface area contributed by atoms with E-state index in [1.807, 2.05) is 13.8 Å². The minimum Gasteiger partial charge on any atom is -0.377 e. The molecule has 0 radical (unpaired) electrons. The second kappa shape index (κ2) is 43.5. The number of primary amides is 2. The topological polar surface area (TPSA) is 315 Å². The first-order valence-electron chi connectivity index (χ1n) is 22.8. The lowest BCUT2D eigenvalue weighted by Gasteiger charge is -2.19. The van der Waals surface area contributed by atoms with Gasteiger partial charge in [-0.3, -0.25) is 43.2 Å². The minimum atomic E-state index is -0.810. The highest BCUT2D eigenvalue weighted by atomic mass is 32.2.